The summed E-state index contributed by atoms with van der Waals surface area (Å²) in [6, 6.07) is 9.12. The lowest BCUT2D eigenvalue weighted by Crippen LogP contribution is -2.41. The maximum Gasteiger partial charge on any atom is 0.229 e. The molecule has 1 atom stereocenters. The van der Waals surface area contributed by atoms with Crippen LogP contribution in [0.1, 0.15) is 25.0 Å². The van der Waals surface area contributed by atoms with Gasteiger partial charge in [-0.3, -0.25) is 19.1 Å². The molecule has 0 saturated carbocycles. The lowest BCUT2D eigenvalue weighted by molar-refractivity contribution is -0.122. The van der Waals surface area contributed by atoms with E-state index >= 15 is 0 Å². The molecule has 1 aliphatic rings. The Balaban J connectivity index is 1.48. The van der Waals surface area contributed by atoms with Crippen LogP contribution in [0.3, 0.4) is 0 Å². The topological polar surface area (TPSA) is 124 Å². The van der Waals surface area contributed by atoms with Crippen molar-refractivity contribution >= 4 is 29.9 Å². The van der Waals surface area contributed by atoms with E-state index in [0.29, 0.717) is 41.9 Å². The zero-order valence-electron chi connectivity index (χ0n) is 18.4. The number of nitrogens with zero attached hydrogens (tertiary/aromatic N) is 5. The first-order valence-electron chi connectivity index (χ1n) is 10.9. The number of primary amides is 1. The number of nitrogens with two attached hydrogens (primary N) is 1. The number of aromatic nitrogens is 4. The van der Waals surface area contributed by atoms with Crippen molar-refractivity contribution < 1.29 is 14.0 Å². The second kappa shape index (κ2) is 10.1. The molecule has 4 heterocycles. The van der Waals surface area contributed by atoms with Crippen molar-refractivity contribution in [2.75, 3.05) is 18.4 Å². The fourth-order valence-electron chi connectivity index (χ4n) is 3.97. The second-order valence-electron chi connectivity index (χ2n) is 8.16. The third-order valence-corrected chi connectivity index (χ3v) is 6.03. The van der Waals surface area contributed by atoms with Gasteiger partial charge in [-0.05, 0) is 62.8 Å². The summed E-state index contributed by atoms with van der Waals surface area (Å²) < 4.78 is 9.44. The summed E-state index contributed by atoms with van der Waals surface area (Å²) in [4.78, 5) is 30.7. The minimum absolute atomic E-state index is 0.0374. The van der Waals surface area contributed by atoms with Crippen LogP contribution in [0, 0.1) is 17.6 Å². The number of anilines is 1. The van der Waals surface area contributed by atoms with Crippen molar-refractivity contribution in [2.24, 2.45) is 11.7 Å². The molecular formula is C22H27N7O3S. The zero-order valence-corrected chi connectivity index (χ0v) is 19.3. The maximum absolute atomic E-state index is 12.8. The molecule has 1 fully saturated rings. The number of rotatable bonds is 8. The summed E-state index contributed by atoms with van der Waals surface area (Å²) in [5, 5.41) is 7.58. The largest absolute Gasteiger partial charge is 0.461 e. The standard InChI is InChI=1S/C22H27N7O3S/c1-15-5-2-8-19(24-15)25-21(31)16-6-3-10-27(13-16)14-29-22(33)28(11-9-18(23)30)20(26-29)17-7-4-12-32-17/h2,4-5,7-8,12,16H,3,6,9-11,13-14H2,1H3,(H2,23,30)(H,24,25,31). The predicted octanol–water partition coefficient (Wildman–Crippen LogP) is 2.56. The number of amides is 2. The average Bonchev–Trinajstić information content (AvgIpc) is 3.41. The maximum atomic E-state index is 12.8. The van der Waals surface area contributed by atoms with Crippen LogP contribution in [0.2, 0.25) is 0 Å². The number of likely N-dealkylation sites (tertiary alicyclic amines) is 1. The normalized spacial score (nSPS) is 16.6. The molecule has 1 aliphatic heterocycles. The van der Waals surface area contributed by atoms with Gasteiger partial charge in [0.25, 0.3) is 0 Å². The highest BCUT2D eigenvalue weighted by molar-refractivity contribution is 7.71. The Morgan fingerprint density at radius 2 is 2.15 bits per heavy atom. The number of piperidine rings is 1. The van der Waals surface area contributed by atoms with Gasteiger partial charge in [0.15, 0.2) is 16.4 Å². The number of hydrogen-bond acceptors (Lipinski definition) is 7. The number of hydrogen-bond donors (Lipinski definition) is 2. The Morgan fingerprint density at radius 3 is 2.88 bits per heavy atom. The Hall–Kier alpha value is -3.31. The highest BCUT2D eigenvalue weighted by atomic mass is 32.1. The molecule has 4 rings (SSSR count). The van der Waals surface area contributed by atoms with Crippen LogP contribution in [0.25, 0.3) is 11.6 Å². The van der Waals surface area contributed by atoms with Gasteiger partial charge in [-0.25, -0.2) is 9.67 Å². The number of furan rings is 1. The Morgan fingerprint density at radius 1 is 1.30 bits per heavy atom. The smallest absolute Gasteiger partial charge is 0.229 e. The quantitative estimate of drug-likeness (QED) is 0.486. The van der Waals surface area contributed by atoms with Crippen LogP contribution in [-0.2, 0) is 22.8 Å². The van der Waals surface area contributed by atoms with Crippen molar-refractivity contribution in [1.82, 2.24) is 24.2 Å². The van der Waals surface area contributed by atoms with Crippen LogP contribution in [0.15, 0.2) is 41.0 Å². The fourth-order valence-corrected chi connectivity index (χ4v) is 4.25. The molecule has 3 aromatic rings. The van der Waals surface area contributed by atoms with Gasteiger partial charge in [0.1, 0.15) is 5.82 Å². The first kappa shape index (κ1) is 22.9. The average molecular weight is 470 g/mol. The first-order valence-corrected chi connectivity index (χ1v) is 11.3. The summed E-state index contributed by atoms with van der Waals surface area (Å²) in [7, 11) is 0. The summed E-state index contributed by atoms with van der Waals surface area (Å²) in [5.41, 5.74) is 6.19. The molecule has 10 nitrogen and oxygen atoms in total. The predicted molar refractivity (Wildman–Crippen MR) is 124 cm³/mol. The Labute approximate surface area is 196 Å². The molecule has 0 aliphatic carbocycles. The number of carbonyl (C=O) groups is 2. The fraction of sp³-hybridized carbons (Fsp3) is 0.409. The summed E-state index contributed by atoms with van der Waals surface area (Å²) in [6.07, 6.45) is 3.41. The summed E-state index contributed by atoms with van der Waals surface area (Å²) >= 11 is 5.64. The van der Waals surface area contributed by atoms with Crippen LogP contribution in [0.4, 0.5) is 5.82 Å². The van der Waals surface area contributed by atoms with E-state index in [2.05, 4.69) is 20.3 Å². The van der Waals surface area contributed by atoms with Crippen molar-refractivity contribution in [2.45, 2.75) is 39.4 Å². The third-order valence-electron chi connectivity index (χ3n) is 5.60. The monoisotopic (exact) mass is 469 g/mol. The molecule has 1 unspecified atom stereocenters. The molecule has 33 heavy (non-hydrogen) atoms. The minimum Gasteiger partial charge on any atom is -0.461 e. The molecule has 3 aromatic heterocycles. The van der Waals surface area contributed by atoms with Crippen molar-refractivity contribution in [3.05, 3.63) is 47.1 Å². The van der Waals surface area contributed by atoms with E-state index in [9.17, 15) is 9.59 Å². The third kappa shape index (κ3) is 5.55. The SMILES string of the molecule is Cc1cccc(NC(=O)C2CCCN(Cn3nc(-c4ccco4)n(CCC(N)=O)c3=S)C2)n1. The van der Waals surface area contributed by atoms with Gasteiger partial charge in [0.05, 0.1) is 18.8 Å². The molecule has 0 spiro atoms. The lowest BCUT2D eigenvalue weighted by atomic mass is 9.97. The number of carbonyl (C=O) groups excluding carboxylic acids is 2. The molecule has 0 aromatic carbocycles. The van der Waals surface area contributed by atoms with Crippen molar-refractivity contribution in [3.63, 3.8) is 0 Å². The van der Waals surface area contributed by atoms with Gasteiger partial charge < -0.3 is 15.5 Å². The van der Waals surface area contributed by atoms with Crippen LogP contribution >= 0.6 is 12.2 Å². The number of nitrogens with one attached hydrogen (secondary N) is 1. The van der Waals surface area contributed by atoms with E-state index in [4.69, 9.17) is 22.4 Å². The highest BCUT2D eigenvalue weighted by Crippen LogP contribution is 2.22. The van der Waals surface area contributed by atoms with Gasteiger partial charge in [0, 0.05) is 25.2 Å². The van der Waals surface area contributed by atoms with Crippen molar-refractivity contribution in [1.29, 1.82) is 0 Å². The lowest BCUT2D eigenvalue weighted by Gasteiger charge is -2.31. The van der Waals surface area contributed by atoms with E-state index in [1.165, 1.54) is 0 Å². The van der Waals surface area contributed by atoms with Gasteiger partial charge in [-0.1, -0.05) is 6.07 Å². The van der Waals surface area contributed by atoms with Gasteiger partial charge in [0.2, 0.25) is 11.8 Å². The molecule has 0 radical (unpaired) electrons. The summed E-state index contributed by atoms with van der Waals surface area (Å²) in [5.74, 6) is 1.06. The Kier molecular flexibility index (Phi) is 6.99. The molecular weight excluding hydrogens is 442 g/mol. The molecule has 11 heteroatoms. The zero-order chi connectivity index (χ0) is 23.4. The molecule has 0 bridgehead atoms. The van der Waals surface area contributed by atoms with E-state index in [1.54, 1.807) is 33.7 Å². The van der Waals surface area contributed by atoms with Crippen molar-refractivity contribution in [3.8, 4) is 11.6 Å². The van der Waals surface area contributed by atoms with Gasteiger partial charge in [-0.2, -0.15) is 0 Å². The molecule has 3 N–H and O–H groups in total. The molecule has 174 valence electrons. The minimum atomic E-state index is -0.414. The van der Waals surface area contributed by atoms with E-state index in [0.717, 1.165) is 25.1 Å². The van der Waals surface area contributed by atoms with Gasteiger partial charge in [-0.15, -0.1) is 5.10 Å². The van der Waals surface area contributed by atoms with E-state index in [-0.39, 0.29) is 18.2 Å². The number of aryl methyl sites for hydroxylation is 1. The second-order valence-corrected chi connectivity index (χ2v) is 8.53. The summed E-state index contributed by atoms with van der Waals surface area (Å²) in [6.45, 7) is 4.06. The van der Waals surface area contributed by atoms with E-state index in [1.807, 2.05) is 19.1 Å². The van der Waals surface area contributed by atoms with E-state index < -0.39 is 5.91 Å². The first-order chi connectivity index (χ1) is 15.9. The van der Waals surface area contributed by atoms with Crippen LogP contribution in [-0.4, -0.2) is 49.1 Å². The molecule has 1 saturated heterocycles. The highest BCUT2D eigenvalue weighted by Gasteiger charge is 2.27. The van der Waals surface area contributed by atoms with Gasteiger partial charge >= 0.3 is 0 Å². The van der Waals surface area contributed by atoms with Crippen LogP contribution in [0.5, 0.6) is 0 Å². The number of pyridine rings is 1. The Bertz CT molecular complexity index is 1190. The molecule has 2 amide bonds. The van der Waals surface area contributed by atoms with Crippen LogP contribution < -0.4 is 11.1 Å².